The van der Waals surface area contributed by atoms with Crippen molar-refractivity contribution >= 4 is 33.6 Å². The number of aromatic nitrogens is 3. The number of benzene rings is 2. The lowest BCUT2D eigenvalue weighted by Gasteiger charge is -2.17. The lowest BCUT2D eigenvalue weighted by molar-refractivity contribution is -0.127. The molecule has 0 saturated heterocycles. The summed E-state index contributed by atoms with van der Waals surface area (Å²) in [5.74, 6) is 1.18. The monoisotopic (exact) mass is 444 g/mol. The molecule has 0 radical (unpaired) electrons. The second-order valence-corrected chi connectivity index (χ2v) is 8.25. The van der Waals surface area contributed by atoms with E-state index >= 15 is 0 Å². The molecule has 3 aromatic rings. The molecule has 0 atom stereocenters. The van der Waals surface area contributed by atoms with Gasteiger partial charge in [-0.1, -0.05) is 69.7 Å². The van der Waals surface area contributed by atoms with Crippen molar-refractivity contribution < 1.29 is 4.79 Å². The van der Waals surface area contributed by atoms with Gasteiger partial charge >= 0.3 is 0 Å². The van der Waals surface area contributed by atoms with E-state index in [4.69, 9.17) is 0 Å². The van der Waals surface area contributed by atoms with Crippen LogP contribution in [0.3, 0.4) is 0 Å². The molecule has 0 aliphatic heterocycles. The molecule has 0 saturated carbocycles. The molecular formula is C20H21BrN4OS. The zero-order valence-corrected chi connectivity index (χ0v) is 17.9. The van der Waals surface area contributed by atoms with Crippen LogP contribution in [0.5, 0.6) is 0 Å². The summed E-state index contributed by atoms with van der Waals surface area (Å²) in [6.45, 7) is 2.64. The van der Waals surface area contributed by atoms with Gasteiger partial charge in [0.2, 0.25) is 5.91 Å². The van der Waals surface area contributed by atoms with Crippen LogP contribution < -0.4 is 0 Å². The standard InChI is InChI=1S/C20H21BrN4OS/c1-14-4-8-16(9-5-14)19-22-23-20(25(19)3)27-13-18(26)24(2)12-15-6-10-17(21)11-7-15/h4-11H,12-13H2,1-3H3. The molecule has 5 nitrogen and oxygen atoms in total. The third-order valence-electron chi connectivity index (χ3n) is 4.23. The van der Waals surface area contributed by atoms with Gasteiger partial charge in [0.1, 0.15) is 0 Å². The second kappa shape index (κ2) is 8.71. The van der Waals surface area contributed by atoms with Gasteiger partial charge in [0.05, 0.1) is 5.75 Å². The average Bonchev–Trinajstić information content (AvgIpc) is 3.03. The van der Waals surface area contributed by atoms with Crippen LogP contribution in [0.1, 0.15) is 11.1 Å². The van der Waals surface area contributed by atoms with E-state index in [2.05, 4.69) is 45.2 Å². The van der Waals surface area contributed by atoms with Crippen LogP contribution in [-0.4, -0.2) is 38.4 Å². The Kier molecular flexibility index (Phi) is 6.34. The Balaban J connectivity index is 1.60. The highest BCUT2D eigenvalue weighted by Crippen LogP contribution is 2.23. The van der Waals surface area contributed by atoms with Gasteiger partial charge in [-0.2, -0.15) is 0 Å². The Morgan fingerprint density at radius 3 is 2.44 bits per heavy atom. The summed E-state index contributed by atoms with van der Waals surface area (Å²) in [6.07, 6.45) is 0. The van der Waals surface area contributed by atoms with E-state index in [1.807, 2.05) is 55.1 Å². The fraction of sp³-hybridized carbons (Fsp3) is 0.250. The molecule has 0 aliphatic rings. The fourth-order valence-corrected chi connectivity index (χ4v) is 3.70. The number of nitrogens with zero attached hydrogens (tertiary/aromatic N) is 4. The number of hydrogen-bond acceptors (Lipinski definition) is 4. The van der Waals surface area contributed by atoms with Gasteiger partial charge in [-0.15, -0.1) is 10.2 Å². The summed E-state index contributed by atoms with van der Waals surface area (Å²) in [5, 5.41) is 9.25. The number of aryl methyl sites for hydroxylation is 1. The number of carbonyl (C=O) groups is 1. The van der Waals surface area contributed by atoms with E-state index in [0.29, 0.717) is 12.3 Å². The van der Waals surface area contributed by atoms with Crippen LogP contribution in [-0.2, 0) is 18.4 Å². The molecule has 0 spiro atoms. The molecule has 3 rings (SSSR count). The summed E-state index contributed by atoms with van der Waals surface area (Å²) in [4.78, 5) is 14.2. The largest absolute Gasteiger partial charge is 0.341 e. The SMILES string of the molecule is Cc1ccc(-c2nnc(SCC(=O)N(C)Cc3ccc(Br)cc3)n2C)cc1. The van der Waals surface area contributed by atoms with Crippen LogP contribution in [0.4, 0.5) is 0 Å². The smallest absolute Gasteiger partial charge is 0.233 e. The van der Waals surface area contributed by atoms with E-state index in [-0.39, 0.29) is 5.91 Å². The Bertz CT molecular complexity index is 922. The van der Waals surface area contributed by atoms with Crippen molar-refractivity contribution in [3.8, 4) is 11.4 Å². The highest BCUT2D eigenvalue weighted by atomic mass is 79.9. The number of hydrogen-bond donors (Lipinski definition) is 0. The topological polar surface area (TPSA) is 51.0 Å². The Morgan fingerprint density at radius 2 is 1.78 bits per heavy atom. The first-order valence-electron chi connectivity index (χ1n) is 8.51. The lowest BCUT2D eigenvalue weighted by atomic mass is 10.1. The maximum absolute atomic E-state index is 12.5. The Labute approximate surface area is 171 Å². The predicted octanol–water partition coefficient (Wildman–Crippen LogP) is 4.30. The van der Waals surface area contributed by atoms with Crippen LogP contribution in [0.25, 0.3) is 11.4 Å². The molecule has 1 heterocycles. The quantitative estimate of drug-likeness (QED) is 0.531. The van der Waals surface area contributed by atoms with Gasteiger partial charge in [-0.05, 0) is 24.6 Å². The molecule has 140 valence electrons. The summed E-state index contributed by atoms with van der Waals surface area (Å²) in [7, 11) is 3.74. The van der Waals surface area contributed by atoms with Gasteiger partial charge in [0, 0.05) is 30.7 Å². The van der Waals surface area contributed by atoms with Crippen molar-refractivity contribution in [3.63, 3.8) is 0 Å². The first-order chi connectivity index (χ1) is 12.9. The molecule has 0 N–H and O–H groups in total. The van der Waals surface area contributed by atoms with Gasteiger partial charge < -0.3 is 9.47 Å². The number of carbonyl (C=O) groups excluding carboxylic acids is 1. The van der Waals surface area contributed by atoms with Gasteiger partial charge in [0.25, 0.3) is 0 Å². The lowest BCUT2D eigenvalue weighted by Crippen LogP contribution is -2.27. The van der Waals surface area contributed by atoms with Crippen molar-refractivity contribution in [3.05, 3.63) is 64.1 Å². The van der Waals surface area contributed by atoms with Crippen molar-refractivity contribution in [1.82, 2.24) is 19.7 Å². The van der Waals surface area contributed by atoms with E-state index in [1.54, 1.807) is 4.90 Å². The second-order valence-electron chi connectivity index (χ2n) is 6.40. The van der Waals surface area contributed by atoms with E-state index < -0.39 is 0 Å². The normalized spacial score (nSPS) is 10.8. The maximum atomic E-state index is 12.5. The van der Waals surface area contributed by atoms with Gasteiger partial charge in [-0.3, -0.25) is 4.79 Å². The van der Waals surface area contributed by atoms with Crippen molar-refractivity contribution in [2.75, 3.05) is 12.8 Å². The molecule has 7 heteroatoms. The molecule has 0 aliphatic carbocycles. The van der Waals surface area contributed by atoms with E-state index in [0.717, 1.165) is 26.6 Å². The van der Waals surface area contributed by atoms with E-state index in [1.165, 1.54) is 17.3 Å². The van der Waals surface area contributed by atoms with Gasteiger partial charge in [-0.25, -0.2) is 0 Å². The molecule has 27 heavy (non-hydrogen) atoms. The zero-order valence-electron chi connectivity index (χ0n) is 15.5. The molecule has 1 aromatic heterocycles. The molecule has 0 bridgehead atoms. The number of thioether (sulfide) groups is 1. The molecule has 0 fully saturated rings. The van der Waals surface area contributed by atoms with Crippen molar-refractivity contribution in [2.24, 2.45) is 7.05 Å². The summed E-state index contributed by atoms with van der Waals surface area (Å²) in [6, 6.07) is 16.2. The molecule has 2 aromatic carbocycles. The maximum Gasteiger partial charge on any atom is 0.233 e. The minimum Gasteiger partial charge on any atom is -0.341 e. The number of amides is 1. The average molecular weight is 445 g/mol. The minimum absolute atomic E-state index is 0.0582. The van der Waals surface area contributed by atoms with E-state index in [9.17, 15) is 4.79 Å². The van der Waals surface area contributed by atoms with Crippen molar-refractivity contribution in [1.29, 1.82) is 0 Å². The Hall–Kier alpha value is -2.12. The Morgan fingerprint density at radius 1 is 1.11 bits per heavy atom. The molecule has 1 amide bonds. The van der Waals surface area contributed by atoms with Crippen LogP contribution in [0.2, 0.25) is 0 Å². The van der Waals surface area contributed by atoms with Crippen LogP contribution >= 0.6 is 27.7 Å². The van der Waals surface area contributed by atoms with Crippen molar-refractivity contribution in [2.45, 2.75) is 18.6 Å². The zero-order chi connectivity index (χ0) is 19.4. The summed E-state index contributed by atoms with van der Waals surface area (Å²) < 4.78 is 2.96. The van der Waals surface area contributed by atoms with Crippen LogP contribution in [0, 0.1) is 6.92 Å². The number of rotatable bonds is 6. The first kappa shape index (κ1) is 19.6. The van der Waals surface area contributed by atoms with Crippen LogP contribution in [0.15, 0.2) is 58.2 Å². The fourth-order valence-electron chi connectivity index (χ4n) is 2.58. The molecule has 0 unspecified atom stereocenters. The predicted molar refractivity (Wildman–Crippen MR) is 113 cm³/mol. The highest BCUT2D eigenvalue weighted by molar-refractivity contribution is 9.10. The molecular weight excluding hydrogens is 424 g/mol. The van der Waals surface area contributed by atoms with Gasteiger partial charge in [0.15, 0.2) is 11.0 Å². The third kappa shape index (κ3) is 4.99. The minimum atomic E-state index is 0.0582. The third-order valence-corrected chi connectivity index (χ3v) is 5.76. The first-order valence-corrected chi connectivity index (χ1v) is 10.3. The number of halogens is 1. The highest BCUT2D eigenvalue weighted by Gasteiger charge is 2.15. The summed E-state index contributed by atoms with van der Waals surface area (Å²) in [5.41, 5.74) is 3.32. The summed E-state index contributed by atoms with van der Waals surface area (Å²) >= 11 is 4.83.